The van der Waals surface area contributed by atoms with Gasteiger partial charge in [0.15, 0.2) is 0 Å². The van der Waals surface area contributed by atoms with Gasteiger partial charge in [0.1, 0.15) is 0 Å². The maximum atomic E-state index is 11.4. The standard InChI is InChI=1S/C15H14N2O2/c1-12-7-9-14(10-8-12)17-15(18)19-16-11-13-5-3-2-4-6-13/h2-11H,1H3,(H,17,18). The van der Waals surface area contributed by atoms with Gasteiger partial charge in [0.25, 0.3) is 0 Å². The van der Waals surface area contributed by atoms with Gasteiger partial charge in [-0.3, -0.25) is 10.2 Å². The molecule has 0 saturated carbocycles. The minimum atomic E-state index is -0.615. The Balaban J connectivity index is 1.85. The number of nitrogens with one attached hydrogen (secondary N) is 1. The summed E-state index contributed by atoms with van der Waals surface area (Å²) in [6.45, 7) is 1.98. The Bertz CT molecular complexity index is 562. The average Bonchev–Trinajstić information content (AvgIpc) is 2.43. The summed E-state index contributed by atoms with van der Waals surface area (Å²) in [5.74, 6) is 0. The van der Waals surface area contributed by atoms with E-state index in [0.717, 1.165) is 11.1 Å². The van der Waals surface area contributed by atoms with Gasteiger partial charge < -0.3 is 0 Å². The Labute approximate surface area is 111 Å². The first-order chi connectivity index (χ1) is 9.24. The molecule has 2 rings (SSSR count). The fraction of sp³-hybridized carbons (Fsp3) is 0.0667. The van der Waals surface area contributed by atoms with E-state index in [4.69, 9.17) is 4.84 Å². The summed E-state index contributed by atoms with van der Waals surface area (Å²) in [6.07, 6.45) is 0.866. The van der Waals surface area contributed by atoms with E-state index in [-0.39, 0.29) is 0 Å². The molecule has 4 nitrogen and oxygen atoms in total. The van der Waals surface area contributed by atoms with Gasteiger partial charge in [-0.1, -0.05) is 53.2 Å². The predicted octanol–water partition coefficient (Wildman–Crippen LogP) is 3.58. The summed E-state index contributed by atoms with van der Waals surface area (Å²) < 4.78 is 0. The molecule has 19 heavy (non-hydrogen) atoms. The van der Waals surface area contributed by atoms with E-state index in [9.17, 15) is 4.79 Å². The SMILES string of the molecule is Cc1ccc(NC(=O)ON=Cc2ccccc2)cc1. The zero-order valence-electron chi connectivity index (χ0n) is 10.5. The van der Waals surface area contributed by atoms with Crippen LogP contribution in [0.3, 0.4) is 0 Å². The van der Waals surface area contributed by atoms with Crippen molar-refractivity contribution in [2.75, 3.05) is 5.32 Å². The molecule has 0 fully saturated rings. The molecule has 0 radical (unpaired) electrons. The summed E-state index contributed by atoms with van der Waals surface area (Å²) in [5.41, 5.74) is 2.66. The van der Waals surface area contributed by atoms with Crippen molar-refractivity contribution in [2.45, 2.75) is 6.92 Å². The maximum Gasteiger partial charge on any atom is 0.437 e. The highest BCUT2D eigenvalue weighted by atomic mass is 16.7. The first kappa shape index (κ1) is 12.8. The number of rotatable bonds is 3. The first-order valence-electron chi connectivity index (χ1n) is 5.87. The summed E-state index contributed by atoms with van der Waals surface area (Å²) in [7, 11) is 0. The lowest BCUT2D eigenvalue weighted by atomic mass is 10.2. The third kappa shape index (κ3) is 4.27. The molecule has 4 heteroatoms. The number of anilines is 1. The lowest BCUT2D eigenvalue weighted by molar-refractivity contribution is 0.167. The zero-order chi connectivity index (χ0) is 13.5. The number of hydrogen-bond acceptors (Lipinski definition) is 3. The van der Waals surface area contributed by atoms with Crippen molar-refractivity contribution in [1.29, 1.82) is 0 Å². The second kappa shape index (κ2) is 6.35. The molecule has 0 aliphatic rings. The zero-order valence-corrected chi connectivity index (χ0v) is 10.5. The average molecular weight is 254 g/mol. The number of aryl methyl sites for hydroxylation is 1. The van der Waals surface area contributed by atoms with Crippen molar-refractivity contribution in [2.24, 2.45) is 5.16 Å². The van der Waals surface area contributed by atoms with Crippen LogP contribution in [0.5, 0.6) is 0 Å². The fourth-order valence-corrected chi connectivity index (χ4v) is 1.45. The Morgan fingerprint density at radius 2 is 1.79 bits per heavy atom. The van der Waals surface area contributed by atoms with Gasteiger partial charge in [-0.2, -0.15) is 0 Å². The van der Waals surface area contributed by atoms with Gasteiger partial charge in [-0.25, -0.2) is 4.79 Å². The number of carbonyl (C=O) groups excluding carboxylic acids is 1. The first-order valence-corrected chi connectivity index (χ1v) is 5.87. The lowest BCUT2D eigenvalue weighted by Gasteiger charge is -2.02. The molecule has 1 amide bonds. The van der Waals surface area contributed by atoms with E-state index in [1.165, 1.54) is 6.21 Å². The highest BCUT2D eigenvalue weighted by molar-refractivity contribution is 5.85. The molecule has 1 N–H and O–H groups in total. The maximum absolute atomic E-state index is 11.4. The Kier molecular flexibility index (Phi) is 4.29. The normalized spacial score (nSPS) is 10.4. The second-order valence-corrected chi connectivity index (χ2v) is 4.01. The van der Waals surface area contributed by atoms with Crippen LogP contribution in [0, 0.1) is 6.92 Å². The third-order valence-electron chi connectivity index (χ3n) is 2.43. The van der Waals surface area contributed by atoms with Crippen LogP contribution in [0.1, 0.15) is 11.1 Å². The van der Waals surface area contributed by atoms with Gasteiger partial charge in [-0.15, -0.1) is 0 Å². The van der Waals surface area contributed by atoms with E-state index in [2.05, 4.69) is 10.5 Å². The molecule has 0 unspecified atom stereocenters. The number of nitrogens with zero attached hydrogens (tertiary/aromatic N) is 1. The van der Waals surface area contributed by atoms with E-state index in [1.807, 2.05) is 49.4 Å². The van der Waals surface area contributed by atoms with Crippen molar-refractivity contribution in [3.63, 3.8) is 0 Å². The van der Waals surface area contributed by atoms with Crippen molar-refractivity contribution < 1.29 is 9.63 Å². The number of carbonyl (C=O) groups is 1. The molecular formula is C15H14N2O2. The van der Waals surface area contributed by atoms with Crippen LogP contribution in [0.4, 0.5) is 10.5 Å². The van der Waals surface area contributed by atoms with E-state index in [1.54, 1.807) is 12.1 Å². The predicted molar refractivity (Wildman–Crippen MR) is 75.3 cm³/mol. The molecular weight excluding hydrogens is 240 g/mol. The molecule has 0 heterocycles. The molecule has 0 atom stereocenters. The van der Waals surface area contributed by atoms with E-state index >= 15 is 0 Å². The second-order valence-electron chi connectivity index (χ2n) is 4.01. The Morgan fingerprint density at radius 3 is 2.47 bits per heavy atom. The van der Waals surface area contributed by atoms with Crippen LogP contribution < -0.4 is 5.32 Å². The largest absolute Gasteiger partial charge is 0.437 e. The minimum absolute atomic E-state index is 0.615. The van der Waals surface area contributed by atoms with E-state index in [0.29, 0.717) is 5.69 Å². The van der Waals surface area contributed by atoms with Crippen molar-refractivity contribution >= 4 is 18.0 Å². The smallest absolute Gasteiger partial charge is 0.298 e. The minimum Gasteiger partial charge on any atom is -0.298 e. The molecule has 0 bridgehead atoms. The quantitative estimate of drug-likeness (QED) is 0.517. The van der Waals surface area contributed by atoms with Crippen LogP contribution in [0.25, 0.3) is 0 Å². The van der Waals surface area contributed by atoms with Crippen molar-refractivity contribution in [1.82, 2.24) is 0 Å². The van der Waals surface area contributed by atoms with Crippen LogP contribution in [-0.2, 0) is 4.84 Å². The number of oxime groups is 1. The molecule has 2 aromatic rings. The number of benzene rings is 2. The molecule has 0 aliphatic carbocycles. The lowest BCUT2D eigenvalue weighted by Crippen LogP contribution is -2.10. The highest BCUT2D eigenvalue weighted by Gasteiger charge is 2.01. The third-order valence-corrected chi connectivity index (χ3v) is 2.43. The molecule has 2 aromatic carbocycles. The molecule has 0 aliphatic heterocycles. The monoisotopic (exact) mass is 254 g/mol. The molecule has 96 valence electrons. The van der Waals surface area contributed by atoms with Crippen molar-refractivity contribution in [3.05, 3.63) is 65.7 Å². The van der Waals surface area contributed by atoms with Crippen LogP contribution >= 0.6 is 0 Å². The summed E-state index contributed by atoms with van der Waals surface area (Å²) >= 11 is 0. The molecule has 0 saturated heterocycles. The number of hydrogen-bond donors (Lipinski definition) is 1. The van der Waals surface area contributed by atoms with Gasteiger partial charge in [0, 0.05) is 5.69 Å². The summed E-state index contributed by atoms with van der Waals surface area (Å²) in [4.78, 5) is 16.1. The van der Waals surface area contributed by atoms with Gasteiger partial charge in [0.2, 0.25) is 0 Å². The highest BCUT2D eigenvalue weighted by Crippen LogP contribution is 2.08. The fourth-order valence-electron chi connectivity index (χ4n) is 1.45. The van der Waals surface area contributed by atoms with Crippen LogP contribution in [-0.4, -0.2) is 12.3 Å². The molecule has 0 spiro atoms. The Hall–Kier alpha value is -2.62. The topological polar surface area (TPSA) is 50.7 Å². The van der Waals surface area contributed by atoms with Crippen molar-refractivity contribution in [3.8, 4) is 0 Å². The number of amides is 1. The Morgan fingerprint density at radius 1 is 1.11 bits per heavy atom. The molecule has 0 aromatic heterocycles. The van der Waals surface area contributed by atoms with Crippen LogP contribution in [0.2, 0.25) is 0 Å². The summed E-state index contributed by atoms with van der Waals surface area (Å²) in [6, 6.07) is 16.8. The summed E-state index contributed by atoms with van der Waals surface area (Å²) in [5, 5.41) is 6.20. The van der Waals surface area contributed by atoms with Gasteiger partial charge >= 0.3 is 6.09 Å². The van der Waals surface area contributed by atoms with E-state index < -0.39 is 6.09 Å². The van der Waals surface area contributed by atoms with Gasteiger partial charge in [0.05, 0.1) is 6.21 Å². The van der Waals surface area contributed by atoms with Gasteiger partial charge in [-0.05, 0) is 24.6 Å². The van der Waals surface area contributed by atoms with Crippen LogP contribution in [0.15, 0.2) is 59.8 Å².